The van der Waals surface area contributed by atoms with Crippen molar-refractivity contribution in [2.75, 3.05) is 20.3 Å². The third-order valence-electron chi connectivity index (χ3n) is 3.96. The number of likely N-dealkylation sites (N-methyl/N-ethyl adjacent to an activating group) is 1. The highest BCUT2D eigenvalue weighted by atomic mass is 16.5. The van der Waals surface area contributed by atoms with Gasteiger partial charge in [-0.2, -0.15) is 0 Å². The molecule has 1 amide bonds. The van der Waals surface area contributed by atoms with Gasteiger partial charge in [0.2, 0.25) is 5.91 Å². The molecule has 4 heteroatoms. The van der Waals surface area contributed by atoms with Crippen LogP contribution in [0.3, 0.4) is 0 Å². The van der Waals surface area contributed by atoms with E-state index in [1.165, 1.54) is 25.7 Å². The summed E-state index contributed by atoms with van der Waals surface area (Å²) in [6.07, 6.45) is 6.93. The van der Waals surface area contributed by atoms with E-state index in [0.29, 0.717) is 0 Å². The number of amides is 1. The Labute approximate surface area is 104 Å². The molecule has 0 heterocycles. The molecule has 0 radical (unpaired) electrons. The van der Waals surface area contributed by atoms with Gasteiger partial charge in [0.25, 0.3) is 0 Å². The molecule has 1 rings (SSSR count). The van der Waals surface area contributed by atoms with Crippen molar-refractivity contribution in [3.05, 3.63) is 0 Å². The molecule has 1 aliphatic rings. The van der Waals surface area contributed by atoms with Crippen molar-refractivity contribution in [2.45, 2.75) is 51.0 Å². The Hall–Kier alpha value is -0.610. The number of ether oxygens (including phenoxy) is 1. The fourth-order valence-corrected chi connectivity index (χ4v) is 2.03. The van der Waals surface area contributed by atoms with E-state index in [-0.39, 0.29) is 5.91 Å². The molecule has 0 spiro atoms. The summed E-state index contributed by atoms with van der Waals surface area (Å²) in [4.78, 5) is 11.2. The molecule has 3 N–H and O–H groups in total. The van der Waals surface area contributed by atoms with E-state index in [9.17, 15) is 4.79 Å². The monoisotopic (exact) mass is 242 g/mol. The van der Waals surface area contributed by atoms with Gasteiger partial charge in [0, 0.05) is 13.2 Å². The maximum Gasteiger partial charge on any atom is 0.237 e. The molecule has 0 saturated heterocycles. The van der Waals surface area contributed by atoms with Crippen molar-refractivity contribution in [1.82, 2.24) is 5.32 Å². The summed E-state index contributed by atoms with van der Waals surface area (Å²) < 4.78 is 5.58. The maximum atomic E-state index is 11.2. The zero-order valence-corrected chi connectivity index (χ0v) is 11.1. The van der Waals surface area contributed by atoms with Gasteiger partial charge in [-0.1, -0.05) is 19.3 Å². The Morgan fingerprint density at radius 2 is 2.18 bits per heavy atom. The highest BCUT2D eigenvalue weighted by Gasteiger charge is 2.27. The lowest BCUT2D eigenvalue weighted by molar-refractivity contribution is -0.124. The van der Waals surface area contributed by atoms with Crippen LogP contribution in [0.15, 0.2) is 0 Å². The SMILES string of the molecule is CNC(C)(CCCOCCC1CCC1)C(N)=O. The Morgan fingerprint density at radius 3 is 2.65 bits per heavy atom. The van der Waals surface area contributed by atoms with Crippen LogP contribution in [-0.2, 0) is 9.53 Å². The van der Waals surface area contributed by atoms with Crippen molar-refractivity contribution in [3.63, 3.8) is 0 Å². The van der Waals surface area contributed by atoms with Gasteiger partial charge < -0.3 is 15.8 Å². The summed E-state index contributed by atoms with van der Waals surface area (Å²) in [7, 11) is 1.77. The molecule has 1 unspecified atom stereocenters. The molecule has 1 saturated carbocycles. The topological polar surface area (TPSA) is 64.3 Å². The van der Waals surface area contributed by atoms with Gasteiger partial charge in [-0.3, -0.25) is 4.79 Å². The van der Waals surface area contributed by atoms with E-state index in [1.54, 1.807) is 7.05 Å². The Kier molecular flexibility index (Phi) is 5.92. The number of primary amides is 1. The Morgan fingerprint density at radius 1 is 1.47 bits per heavy atom. The van der Waals surface area contributed by atoms with Crippen LogP contribution in [0.1, 0.15) is 45.4 Å². The van der Waals surface area contributed by atoms with E-state index in [1.807, 2.05) is 6.92 Å². The predicted octanol–water partition coefficient (Wildman–Crippen LogP) is 1.44. The molecular formula is C13H26N2O2. The lowest BCUT2D eigenvalue weighted by atomic mass is 9.83. The minimum Gasteiger partial charge on any atom is -0.381 e. The number of rotatable bonds is 9. The lowest BCUT2D eigenvalue weighted by Crippen LogP contribution is -2.51. The van der Waals surface area contributed by atoms with Crippen LogP contribution < -0.4 is 11.1 Å². The summed E-state index contributed by atoms with van der Waals surface area (Å²) in [5.41, 5.74) is 4.75. The molecule has 17 heavy (non-hydrogen) atoms. The van der Waals surface area contributed by atoms with Gasteiger partial charge in [0.15, 0.2) is 0 Å². The van der Waals surface area contributed by atoms with Gasteiger partial charge in [0.1, 0.15) is 0 Å². The minimum atomic E-state index is -0.600. The van der Waals surface area contributed by atoms with Crippen molar-refractivity contribution in [3.8, 4) is 0 Å². The third kappa shape index (κ3) is 4.64. The highest BCUT2D eigenvalue weighted by molar-refractivity contribution is 5.84. The van der Waals surface area contributed by atoms with Crippen LogP contribution in [0.5, 0.6) is 0 Å². The smallest absolute Gasteiger partial charge is 0.237 e. The van der Waals surface area contributed by atoms with Crippen LogP contribution in [-0.4, -0.2) is 31.7 Å². The standard InChI is InChI=1S/C13H26N2O2/c1-13(15-2,12(14)16)8-4-9-17-10-7-11-5-3-6-11/h11,15H,3-10H2,1-2H3,(H2,14,16). The number of nitrogens with two attached hydrogens (primary N) is 1. The second-order valence-electron chi connectivity index (χ2n) is 5.25. The Balaban J connectivity index is 2.00. The average Bonchev–Trinajstić information content (AvgIpc) is 2.24. The number of carbonyl (C=O) groups excluding carboxylic acids is 1. The fourth-order valence-electron chi connectivity index (χ4n) is 2.03. The van der Waals surface area contributed by atoms with E-state index >= 15 is 0 Å². The molecule has 0 aliphatic heterocycles. The molecule has 1 fully saturated rings. The van der Waals surface area contributed by atoms with Crippen molar-refractivity contribution >= 4 is 5.91 Å². The predicted molar refractivity (Wildman–Crippen MR) is 68.7 cm³/mol. The molecule has 1 atom stereocenters. The molecule has 1 aliphatic carbocycles. The third-order valence-corrected chi connectivity index (χ3v) is 3.96. The first-order valence-electron chi connectivity index (χ1n) is 6.65. The molecule has 4 nitrogen and oxygen atoms in total. The van der Waals surface area contributed by atoms with Crippen LogP contribution in [0.2, 0.25) is 0 Å². The van der Waals surface area contributed by atoms with Gasteiger partial charge in [-0.05, 0) is 39.2 Å². The lowest BCUT2D eigenvalue weighted by Gasteiger charge is -2.26. The second kappa shape index (κ2) is 6.97. The maximum absolute atomic E-state index is 11.2. The van der Waals surface area contributed by atoms with Gasteiger partial charge in [-0.25, -0.2) is 0 Å². The van der Waals surface area contributed by atoms with Crippen molar-refractivity contribution in [1.29, 1.82) is 0 Å². The first-order valence-corrected chi connectivity index (χ1v) is 6.65. The molecule has 0 aromatic carbocycles. The quantitative estimate of drug-likeness (QED) is 0.601. The normalized spacial score (nSPS) is 19.6. The summed E-state index contributed by atoms with van der Waals surface area (Å²) >= 11 is 0. The number of carbonyl (C=O) groups is 1. The first kappa shape index (κ1) is 14.5. The van der Waals surface area contributed by atoms with E-state index in [2.05, 4.69) is 5.32 Å². The summed E-state index contributed by atoms with van der Waals surface area (Å²) in [6, 6.07) is 0. The molecular weight excluding hydrogens is 216 g/mol. The molecule has 100 valence electrons. The molecule has 0 aromatic rings. The molecule has 0 aromatic heterocycles. The minimum absolute atomic E-state index is 0.297. The van der Waals surface area contributed by atoms with Crippen molar-refractivity contribution < 1.29 is 9.53 Å². The van der Waals surface area contributed by atoms with Crippen LogP contribution in [0.4, 0.5) is 0 Å². The highest BCUT2D eigenvalue weighted by Crippen LogP contribution is 2.29. The van der Waals surface area contributed by atoms with Gasteiger partial charge in [-0.15, -0.1) is 0 Å². The number of nitrogens with one attached hydrogen (secondary N) is 1. The number of hydrogen-bond donors (Lipinski definition) is 2. The summed E-state index contributed by atoms with van der Waals surface area (Å²) in [6.45, 7) is 3.42. The average molecular weight is 242 g/mol. The van der Waals surface area contributed by atoms with E-state index in [0.717, 1.165) is 32.0 Å². The largest absolute Gasteiger partial charge is 0.381 e. The van der Waals surface area contributed by atoms with E-state index < -0.39 is 5.54 Å². The van der Waals surface area contributed by atoms with Crippen molar-refractivity contribution in [2.24, 2.45) is 11.7 Å². The second-order valence-corrected chi connectivity index (χ2v) is 5.25. The van der Waals surface area contributed by atoms with Crippen LogP contribution in [0, 0.1) is 5.92 Å². The van der Waals surface area contributed by atoms with Crippen LogP contribution >= 0.6 is 0 Å². The Bertz CT molecular complexity index is 242. The number of hydrogen-bond acceptors (Lipinski definition) is 3. The van der Waals surface area contributed by atoms with Crippen LogP contribution in [0.25, 0.3) is 0 Å². The van der Waals surface area contributed by atoms with Gasteiger partial charge in [0.05, 0.1) is 5.54 Å². The zero-order chi connectivity index (χ0) is 12.7. The fraction of sp³-hybridized carbons (Fsp3) is 0.923. The van der Waals surface area contributed by atoms with Gasteiger partial charge >= 0.3 is 0 Å². The first-order chi connectivity index (χ1) is 8.08. The molecule has 0 bridgehead atoms. The van der Waals surface area contributed by atoms with E-state index in [4.69, 9.17) is 10.5 Å². The summed E-state index contributed by atoms with van der Waals surface area (Å²) in [5, 5.41) is 2.98. The summed E-state index contributed by atoms with van der Waals surface area (Å²) in [5.74, 6) is 0.609. The zero-order valence-electron chi connectivity index (χ0n) is 11.1.